The van der Waals surface area contributed by atoms with Gasteiger partial charge in [0.25, 0.3) is 0 Å². The highest BCUT2D eigenvalue weighted by molar-refractivity contribution is 5.83. The maximum absolute atomic E-state index is 10.7. The first-order valence-corrected chi connectivity index (χ1v) is 4.20. The highest BCUT2D eigenvalue weighted by Gasteiger charge is 2.14. The molecule has 6 nitrogen and oxygen atoms in total. The number of nitrogens with one attached hydrogen (secondary N) is 1. The van der Waals surface area contributed by atoms with Gasteiger partial charge in [0.05, 0.1) is 13.5 Å². The van der Waals surface area contributed by atoms with E-state index in [0.717, 1.165) is 0 Å². The summed E-state index contributed by atoms with van der Waals surface area (Å²) in [6, 6.07) is -1.12. The molecule has 0 spiro atoms. The molecule has 0 fully saturated rings. The van der Waals surface area contributed by atoms with E-state index in [0.29, 0.717) is 0 Å². The van der Waals surface area contributed by atoms with Crippen molar-refractivity contribution in [3.05, 3.63) is 12.2 Å². The van der Waals surface area contributed by atoms with Crippen LogP contribution in [-0.4, -0.2) is 36.1 Å². The van der Waals surface area contributed by atoms with Gasteiger partial charge in [-0.15, -0.1) is 0 Å². The summed E-state index contributed by atoms with van der Waals surface area (Å²) in [7, 11) is 1.23. The minimum Gasteiger partial charge on any atom is -0.479 e. The Balaban J connectivity index is 4.22. The molecule has 0 aliphatic carbocycles. The summed E-state index contributed by atoms with van der Waals surface area (Å²) < 4.78 is 4.35. The lowest BCUT2D eigenvalue weighted by molar-refractivity contribution is -0.140. The van der Waals surface area contributed by atoms with Crippen molar-refractivity contribution in [3.8, 4) is 0 Å². The topological polar surface area (TPSA) is 92.7 Å². The maximum Gasteiger partial charge on any atom is 0.330 e. The summed E-state index contributed by atoms with van der Waals surface area (Å²) in [5.41, 5.74) is 0. The molecule has 84 valence electrons. The van der Waals surface area contributed by atoms with Crippen molar-refractivity contribution in [2.45, 2.75) is 19.4 Å². The van der Waals surface area contributed by atoms with Crippen LogP contribution in [0.3, 0.4) is 0 Å². The molecule has 1 atom stereocenters. The molecule has 0 aromatic heterocycles. The summed E-state index contributed by atoms with van der Waals surface area (Å²) in [6.45, 7) is 1.21. The summed E-state index contributed by atoms with van der Waals surface area (Å²) in [4.78, 5) is 31.9. The Morgan fingerprint density at radius 1 is 1.47 bits per heavy atom. The molecule has 0 aliphatic heterocycles. The molecule has 0 saturated heterocycles. The van der Waals surface area contributed by atoms with Gasteiger partial charge in [0.15, 0.2) is 0 Å². The van der Waals surface area contributed by atoms with E-state index in [1.165, 1.54) is 26.2 Å². The van der Waals surface area contributed by atoms with Crippen LogP contribution >= 0.6 is 0 Å². The predicted octanol–water partition coefficient (Wildman–Crippen LogP) is -0.305. The van der Waals surface area contributed by atoms with Crippen molar-refractivity contribution >= 4 is 17.8 Å². The van der Waals surface area contributed by atoms with E-state index in [1.54, 1.807) is 0 Å². The second-order valence-corrected chi connectivity index (χ2v) is 2.72. The van der Waals surface area contributed by atoms with Gasteiger partial charge in [0, 0.05) is 6.92 Å². The highest BCUT2D eigenvalue weighted by atomic mass is 16.5. The zero-order chi connectivity index (χ0) is 11.8. The van der Waals surface area contributed by atoms with Crippen LogP contribution in [0.25, 0.3) is 0 Å². The van der Waals surface area contributed by atoms with Gasteiger partial charge in [-0.25, -0.2) is 4.79 Å². The van der Waals surface area contributed by atoms with E-state index in [2.05, 4.69) is 10.1 Å². The molecule has 0 aromatic rings. The highest BCUT2D eigenvalue weighted by Crippen LogP contribution is 1.92. The molecule has 0 radical (unpaired) electrons. The van der Waals surface area contributed by atoms with E-state index < -0.39 is 23.9 Å². The average Bonchev–Trinajstić information content (AvgIpc) is 2.15. The SMILES string of the molecule is COC(=O)CC=CC(NC(C)=O)C(=O)O. The molecular formula is C9H13NO5. The number of hydrogen-bond donors (Lipinski definition) is 2. The lowest BCUT2D eigenvalue weighted by Gasteiger charge is -2.07. The number of amides is 1. The third-order valence-corrected chi connectivity index (χ3v) is 1.47. The summed E-state index contributed by atoms with van der Waals surface area (Å²) in [5.74, 6) is -2.12. The van der Waals surface area contributed by atoms with Crippen LogP contribution in [0.4, 0.5) is 0 Å². The van der Waals surface area contributed by atoms with Crippen LogP contribution in [0, 0.1) is 0 Å². The molecule has 0 saturated carbocycles. The zero-order valence-electron chi connectivity index (χ0n) is 8.52. The normalized spacial score (nSPS) is 12.1. The Kier molecular flexibility index (Phi) is 5.77. The van der Waals surface area contributed by atoms with E-state index in [4.69, 9.17) is 5.11 Å². The number of methoxy groups -OCH3 is 1. The van der Waals surface area contributed by atoms with Gasteiger partial charge in [-0.3, -0.25) is 9.59 Å². The van der Waals surface area contributed by atoms with Crippen LogP contribution in [0.5, 0.6) is 0 Å². The molecule has 0 heterocycles. The van der Waals surface area contributed by atoms with Crippen molar-refractivity contribution in [1.82, 2.24) is 5.32 Å². The van der Waals surface area contributed by atoms with Gasteiger partial charge in [-0.05, 0) is 0 Å². The number of rotatable bonds is 5. The van der Waals surface area contributed by atoms with Gasteiger partial charge in [-0.2, -0.15) is 0 Å². The van der Waals surface area contributed by atoms with Gasteiger partial charge >= 0.3 is 11.9 Å². The van der Waals surface area contributed by atoms with Crippen molar-refractivity contribution in [1.29, 1.82) is 0 Å². The number of hydrogen-bond acceptors (Lipinski definition) is 4. The molecular weight excluding hydrogens is 202 g/mol. The van der Waals surface area contributed by atoms with Gasteiger partial charge in [0.1, 0.15) is 6.04 Å². The lowest BCUT2D eigenvalue weighted by atomic mass is 10.2. The number of carboxylic acid groups (broad SMARTS) is 1. The molecule has 0 aromatic carbocycles. The number of carboxylic acids is 1. The Morgan fingerprint density at radius 3 is 2.47 bits per heavy atom. The van der Waals surface area contributed by atoms with Gasteiger partial charge in [-0.1, -0.05) is 12.2 Å². The second-order valence-electron chi connectivity index (χ2n) is 2.72. The lowest BCUT2D eigenvalue weighted by Crippen LogP contribution is -2.37. The number of carbonyl (C=O) groups is 3. The quantitative estimate of drug-likeness (QED) is 0.485. The molecule has 1 amide bonds. The molecule has 0 bridgehead atoms. The van der Waals surface area contributed by atoms with Crippen LogP contribution in [0.2, 0.25) is 0 Å². The van der Waals surface area contributed by atoms with E-state index in [9.17, 15) is 14.4 Å². The minimum absolute atomic E-state index is 0.0279. The summed E-state index contributed by atoms with van der Waals surface area (Å²) in [5, 5.41) is 10.9. The summed E-state index contributed by atoms with van der Waals surface area (Å²) >= 11 is 0. The smallest absolute Gasteiger partial charge is 0.330 e. The largest absolute Gasteiger partial charge is 0.479 e. The number of carbonyl (C=O) groups excluding carboxylic acids is 2. The molecule has 0 aliphatic rings. The fourth-order valence-electron chi connectivity index (χ4n) is 0.795. The maximum atomic E-state index is 10.7. The Bertz CT molecular complexity index is 284. The second kappa shape index (κ2) is 6.58. The molecule has 15 heavy (non-hydrogen) atoms. The molecule has 2 N–H and O–H groups in total. The van der Waals surface area contributed by atoms with E-state index in [-0.39, 0.29) is 6.42 Å². The van der Waals surface area contributed by atoms with Crippen molar-refractivity contribution in [2.75, 3.05) is 7.11 Å². The third kappa shape index (κ3) is 6.25. The van der Waals surface area contributed by atoms with Crippen LogP contribution in [-0.2, 0) is 19.1 Å². The van der Waals surface area contributed by atoms with Crippen LogP contribution < -0.4 is 5.32 Å². The standard InChI is InChI=1S/C9H13NO5/c1-6(11)10-7(9(13)14)4-3-5-8(12)15-2/h3-4,7H,5H2,1-2H3,(H,10,11)(H,13,14). The first kappa shape index (κ1) is 13.2. The number of esters is 1. The monoisotopic (exact) mass is 215 g/mol. The molecule has 0 rings (SSSR count). The van der Waals surface area contributed by atoms with Crippen LogP contribution in [0.1, 0.15) is 13.3 Å². The first-order valence-electron chi connectivity index (χ1n) is 4.20. The first-order chi connectivity index (χ1) is 6.97. The van der Waals surface area contributed by atoms with Gasteiger partial charge < -0.3 is 15.2 Å². The Morgan fingerprint density at radius 2 is 2.07 bits per heavy atom. The molecule has 1 unspecified atom stereocenters. The van der Waals surface area contributed by atoms with Crippen molar-refractivity contribution in [2.24, 2.45) is 0 Å². The van der Waals surface area contributed by atoms with E-state index in [1.807, 2.05) is 0 Å². The van der Waals surface area contributed by atoms with Crippen molar-refractivity contribution in [3.63, 3.8) is 0 Å². The zero-order valence-corrected chi connectivity index (χ0v) is 8.52. The number of aliphatic carboxylic acids is 1. The fraction of sp³-hybridized carbons (Fsp3) is 0.444. The number of ether oxygens (including phenoxy) is 1. The van der Waals surface area contributed by atoms with Crippen molar-refractivity contribution < 1.29 is 24.2 Å². The van der Waals surface area contributed by atoms with Crippen LogP contribution in [0.15, 0.2) is 12.2 Å². The Hall–Kier alpha value is -1.85. The average molecular weight is 215 g/mol. The van der Waals surface area contributed by atoms with E-state index >= 15 is 0 Å². The fourth-order valence-corrected chi connectivity index (χ4v) is 0.795. The van der Waals surface area contributed by atoms with Gasteiger partial charge in [0.2, 0.25) is 5.91 Å². The minimum atomic E-state index is -1.19. The Labute approximate surface area is 86.9 Å². The molecule has 6 heteroatoms. The third-order valence-electron chi connectivity index (χ3n) is 1.47. The summed E-state index contributed by atoms with van der Waals surface area (Å²) in [6.07, 6.45) is 2.53. The predicted molar refractivity (Wildman–Crippen MR) is 51.0 cm³/mol.